The Labute approximate surface area is 185 Å². The lowest BCUT2D eigenvalue weighted by Gasteiger charge is -2.19. The Hall–Kier alpha value is -4.72. The number of carboxylic acids is 2. The van der Waals surface area contributed by atoms with Crippen LogP contribution in [0.3, 0.4) is 0 Å². The molecule has 0 aliphatic carbocycles. The molecule has 5 aromatic rings. The van der Waals surface area contributed by atoms with E-state index >= 15 is 0 Å². The van der Waals surface area contributed by atoms with Gasteiger partial charge in [0.1, 0.15) is 0 Å². The van der Waals surface area contributed by atoms with E-state index in [0.29, 0.717) is 37.7 Å². The number of carbonyl (C=O) groups is 4. The number of rotatable bonds is 4. The van der Waals surface area contributed by atoms with Crippen molar-refractivity contribution in [2.24, 2.45) is 5.73 Å². The van der Waals surface area contributed by atoms with Crippen LogP contribution < -0.4 is 11.1 Å². The molecule has 0 radical (unpaired) electrons. The summed E-state index contributed by atoms with van der Waals surface area (Å²) in [4.78, 5) is 48.7. The predicted octanol–water partition coefficient (Wildman–Crippen LogP) is 3.59. The molecule has 5 N–H and O–H groups in total. The van der Waals surface area contributed by atoms with Crippen molar-refractivity contribution in [3.8, 4) is 0 Å². The summed E-state index contributed by atoms with van der Waals surface area (Å²) in [6.45, 7) is 0. The predicted molar refractivity (Wildman–Crippen MR) is 123 cm³/mol. The number of primary amides is 1. The minimum absolute atomic E-state index is 0.122. The minimum atomic E-state index is -1.24. The zero-order chi connectivity index (χ0) is 23.6. The molecule has 0 aliphatic rings. The molecule has 33 heavy (non-hydrogen) atoms. The van der Waals surface area contributed by atoms with Crippen molar-refractivity contribution >= 4 is 66.8 Å². The molecule has 0 atom stereocenters. The van der Waals surface area contributed by atoms with Crippen LogP contribution in [0.5, 0.6) is 0 Å². The van der Waals surface area contributed by atoms with Crippen molar-refractivity contribution in [3.05, 3.63) is 70.8 Å². The van der Waals surface area contributed by atoms with Crippen LogP contribution in [0.25, 0.3) is 43.1 Å². The molecule has 0 spiro atoms. The van der Waals surface area contributed by atoms with E-state index < -0.39 is 17.8 Å². The first kappa shape index (κ1) is 20.2. The summed E-state index contributed by atoms with van der Waals surface area (Å²) < 4.78 is 0. The Morgan fingerprint density at radius 2 is 0.970 bits per heavy atom. The Morgan fingerprint density at radius 3 is 1.33 bits per heavy atom. The fourth-order valence-corrected chi connectivity index (χ4v) is 4.77. The molecule has 0 aliphatic heterocycles. The molecule has 0 saturated carbocycles. The zero-order valence-electron chi connectivity index (χ0n) is 17.2. The highest BCUT2D eigenvalue weighted by atomic mass is 16.4. The second-order valence-electron chi connectivity index (χ2n) is 7.70. The molecule has 0 unspecified atom stereocenters. The summed E-state index contributed by atoms with van der Waals surface area (Å²) in [5.41, 5.74) is 5.84. The van der Waals surface area contributed by atoms with E-state index in [2.05, 4.69) is 5.32 Å². The summed E-state index contributed by atoms with van der Waals surface area (Å²) in [6, 6.07) is 12.5. The van der Waals surface area contributed by atoms with Crippen molar-refractivity contribution in [1.29, 1.82) is 0 Å². The number of amides is 2. The smallest absolute Gasteiger partial charge is 0.336 e. The van der Waals surface area contributed by atoms with E-state index in [1.54, 1.807) is 30.3 Å². The van der Waals surface area contributed by atoms with Crippen LogP contribution in [0.15, 0.2) is 48.5 Å². The monoisotopic (exact) mass is 440 g/mol. The average Bonchev–Trinajstić information content (AvgIpc) is 2.80. The van der Waals surface area contributed by atoms with Crippen LogP contribution in [0.4, 0.5) is 0 Å². The summed E-state index contributed by atoms with van der Waals surface area (Å²) in [7, 11) is 1.48. The molecule has 0 bridgehead atoms. The normalized spacial score (nSPS) is 11.4. The Kier molecular flexibility index (Phi) is 4.22. The highest BCUT2D eigenvalue weighted by Crippen LogP contribution is 2.43. The van der Waals surface area contributed by atoms with Gasteiger partial charge >= 0.3 is 11.9 Å². The third-order valence-corrected chi connectivity index (χ3v) is 6.10. The van der Waals surface area contributed by atoms with Crippen molar-refractivity contribution < 1.29 is 29.4 Å². The molecule has 8 heteroatoms. The summed E-state index contributed by atoms with van der Waals surface area (Å²) in [6.07, 6.45) is 0. The first-order valence-corrected chi connectivity index (χ1v) is 9.95. The first-order valence-electron chi connectivity index (χ1n) is 9.95. The number of nitrogens with two attached hydrogens (primary N) is 1. The van der Waals surface area contributed by atoms with Gasteiger partial charge in [0, 0.05) is 28.9 Å². The van der Waals surface area contributed by atoms with Crippen molar-refractivity contribution in [2.45, 2.75) is 0 Å². The standard InChI is InChI=1S/C25H16N2O6/c1-27-23(29)15-7-3-11-13-5-9-17(25(32)33)21-16(24(30)31)8-4-12(19(13)21)10-2-6-14(22(26)28)20(15)18(10)11/h2-9H,1H3,(H2,26,28)(H,27,29)(H,30,31)(H,32,33). The fourth-order valence-electron chi connectivity index (χ4n) is 4.77. The molecule has 0 heterocycles. The van der Waals surface area contributed by atoms with E-state index in [4.69, 9.17) is 5.73 Å². The largest absolute Gasteiger partial charge is 0.478 e. The van der Waals surface area contributed by atoms with Gasteiger partial charge < -0.3 is 21.3 Å². The molecule has 0 saturated heterocycles. The molecule has 0 aromatic heterocycles. The van der Waals surface area contributed by atoms with Crippen LogP contribution >= 0.6 is 0 Å². The Morgan fingerprint density at radius 1 is 0.606 bits per heavy atom. The fraction of sp³-hybridized carbons (Fsp3) is 0.0400. The molecule has 2 amide bonds. The van der Waals surface area contributed by atoms with Gasteiger partial charge in [-0.05, 0) is 56.6 Å². The van der Waals surface area contributed by atoms with E-state index in [0.717, 1.165) is 0 Å². The SMILES string of the molecule is CNC(=O)c1ccc2c3ccc(C(=O)O)c4c(C(=O)O)ccc(c5ccc(C(N)=O)c1c52)c43. The van der Waals surface area contributed by atoms with Crippen molar-refractivity contribution in [2.75, 3.05) is 7.05 Å². The maximum Gasteiger partial charge on any atom is 0.336 e. The van der Waals surface area contributed by atoms with Crippen LogP contribution in [0.2, 0.25) is 0 Å². The average molecular weight is 440 g/mol. The van der Waals surface area contributed by atoms with Crippen LogP contribution in [0.1, 0.15) is 41.4 Å². The van der Waals surface area contributed by atoms with Crippen LogP contribution in [-0.4, -0.2) is 41.0 Å². The Balaban J connectivity index is 2.14. The summed E-state index contributed by atoms with van der Waals surface area (Å²) >= 11 is 0. The van der Waals surface area contributed by atoms with Gasteiger partial charge in [0.05, 0.1) is 11.1 Å². The molecule has 8 nitrogen and oxygen atoms in total. The number of hydrogen-bond acceptors (Lipinski definition) is 4. The molecular weight excluding hydrogens is 424 g/mol. The van der Waals surface area contributed by atoms with Crippen LogP contribution in [-0.2, 0) is 0 Å². The third kappa shape index (κ3) is 2.64. The lowest BCUT2D eigenvalue weighted by Crippen LogP contribution is -2.20. The zero-order valence-corrected chi connectivity index (χ0v) is 17.2. The van der Waals surface area contributed by atoms with Gasteiger partial charge in [-0.3, -0.25) is 9.59 Å². The third-order valence-electron chi connectivity index (χ3n) is 6.10. The number of carboxylic acid groups (broad SMARTS) is 2. The number of hydrogen-bond donors (Lipinski definition) is 4. The van der Waals surface area contributed by atoms with Gasteiger partial charge in [-0.1, -0.05) is 24.3 Å². The quantitative estimate of drug-likeness (QED) is 0.248. The van der Waals surface area contributed by atoms with E-state index in [1.807, 2.05) is 0 Å². The van der Waals surface area contributed by atoms with Gasteiger partial charge in [-0.25, -0.2) is 9.59 Å². The second kappa shape index (κ2) is 6.89. The molecular formula is C25H16N2O6. The second-order valence-corrected chi connectivity index (χ2v) is 7.70. The van der Waals surface area contributed by atoms with Crippen LogP contribution in [0, 0.1) is 0 Å². The van der Waals surface area contributed by atoms with E-state index in [1.165, 1.54) is 25.2 Å². The number of nitrogens with one attached hydrogen (secondary N) is 1. The van der Waals surface area contributed by atoms with Gasteiger partial charge in [-0.2, -0.15) is 0 Å². The molecule has 0 fully saturated rings. The number of aromatic carboxylic acids is 2. The Bertz CT molecular complexity index is 1630. The number of fused-ring (bicyclic) bond motifs is 2. The highest BCUT2D eigenvalue weighted by molar-refractivity contribution is 6.38. The maximum atomic E-state index is 12.6. The van der Waals surface area contributed by atoms with E-state index in [-0.39, 0.29) is 33.5 Å². The van der Waals surface area contributed by atoms with Gasteiger partial charge in [0.2, 0.25) is 5.91 Å². The molecule has 162 valence electrons. The number of benzene rings is 5. The van der Waals surface area contributed by atoms with Gasteiger partial charge in [0.25, 0.3) is 5.91 Å². The minimum Gasteiger partial charge on any atom is -0.478 e. The topological polar surface area (TPSA) is 147 Å². The van der Waals surface area contributed by atoms with Gasteiger partial charge in [0.15, 0.2) is 0 Å². The van der Waals surface area contributed by atoms with Gasteiger partial charge in [-0.15, -0.1) is 0 Å². The lowest BCUT2D eigenvalue weighted by atomic mass is 9.84. The number of carbonyl (C=O) groups excluding carboxylic acids is 2. The van der Waals surface area contributed by atoms with E-state index in [9.17, 15) is 29.4 Å². The first-order chi connectivity index (χ1) is 15.8. The summed E-state index contributed by atoms with van der Waals surface area (Å²) in [5.74, 6) is -3.56. The van der Waals surface area contributed by atoms with Crippen molar-refractivity contribution in [3.63, 3.8) is 0 Å². The maximum absolute atomic E-state index is 12.6. The molecule has 5 aromatic carbocycles. The summed E-state index contributed by atoms with van der Waals surface area (Å²) in [5, 5.41) is 26.2. The lowest BCUT2D eigenvalue weighted by molar-refractivity contribution is 0.0695. The highest BCUT2D eigenvalue weighted by Gasteiger charge is 2.24. The van der Waals surface area contributed by atoms with Crippen molar-refractivity contribution in [1.82, 2.24) is 5.32 Å². The molecule has 5 rings (SSSR count).